The number of anilines is 1. The Bertz CT molecular complexity index is 732. The number of rotatable bonds is 6. The summed E-state index contributed by atoms with van der Waals surface area (Å²) in [5.74, 6) is 1.55. The molecule has 0 aliphatic carbocycles. The average Bonchev–Trinajstić information content (AvgIpc) is 2.69. The van der Waals surface area contributed by atoms with Crippen LogP contribution in [-0.4, -0.2) is 25.6 Å². The third-order valence-corrected chi connectivity index (χ3v) is 5.34. The van der Waals surface area contributed by atoms with Gasteiger partial charge in [0.05, 0.1) is 12.6 Å². The van der Waals surface area contributed by atoms with Crippen molar-refractivity contribution in [1.82, 2.24) is 5.32 Å². The van der Waals surface area contributed by atoms with Crippen molar-refractivity contribution in [3.8, 4) is 5.75 Å². The molecule has 4 nitrogen and oxygen atoms in total. The number of benzene rings is 2. The van der Waals surface area contributed by atoms with Gasteiger partial charge in [0.25, 0.3) is 0 Å². The van der Waals surface area contributed by atoms with Crippen molar-refractivity contribution in [2.45, 2.75) is 45.6 Å². The third kappa shape index (κ3) is 5.03. The third-order valence-electron chi connectivity index (χ3n) is 5.34. The van der Waals surface area contributed by atoms with E-state index >= 15 is 0 Å². The Hall–Kier alpha value is -2.49. The molecule has 0 radical (unpaired) electrons. The van der Waals surface area contributed by atoms with Gasteiger partial charge < -0.3 is 15.0 Å². The van der Waals surface area contributed by atoms with Gasteiger partial charge in [-0.15, -0.1) is 0 Å². The number of ether oxygens (including phenoxy) is 1. The van der Waals surface area contributed by atoms with Gasteiger partial charge in [-0.2, -0.15) is 0 Å². The second-order valence-electron chi connectivity index (χ2n) is 7.28. The van der Waals surface area contributed by atoms with E-state index in [0.29, 0.717) is 12.5 Å². The summed E-state index contributed by atoms with van der Waals surface area (Å²) in [7, 11) is 0. The molecular formula is C23H30N2O2. The van der Waals surface area contributed by atoms with E-state index in [2.05, 4.69) is 58.7 Å². The van der Waals surface area contributed by atoms with E-state index in [1.807, 2.05) is 13.8 Å². The van der Waals surface area contributed by atoms with Crippen molar-refractivity contribution in [2.24, 2.45) is 0 Å². The van der Waals surface area contributed by atoms with Crippen LogP contribution in [0.1, 0.15) is 56.7 Å². The molecule has 144 valence electrons. The summed E-state index contributed by atoms with van der Waals surface area (Å²) >= 11 is 0. The van der Waals surface area contributed by atoms with E-state index < -0.39 is 0 Å². The van der Waals surface area contributed by atoms with E-state index in [1.165, 1.54) is 11.3 Å². The smallest absolute Gasteiger partial charge is 0.217 e. The molecule has 1 fully saturated rings. The number of carbonyl (C=O) groups is 1. The van der Waals surface area contributed by atoms with Crippen molar-refractivity contribution in [3.63, 3.8) is 0 Å². The Morgan fingerprint density at radius 1 is 1.11 bits per heavy atom. The van der Waals surface area contributed by atoms with Gasteiger partial charge in [-0.25, -0.2) is 0 Å². The van der Waals surface area contributed by atoms with Gasteiger partial charge in [0.1, 0.15) is 5.75 Å². The summed E-state index contributed by atoms with van der Waals surface area (Å²) in [6.45, 7) is 8.43. The van der Waals surface area contributed by atoms with Gasteiger partial charge in [0.2, 0.25) is 5.91 Å². The highest BCUT2D eigenvalue weighted by Crippen LogP contribution is 2.31. The molecule has 0 saturated carbocycles. The highest BCUT2D eigenvalue weighted by molar-refractivity contribution is 5.73. The molecule has 1 N–H and O–H groups in total. The molecule has 4 heteroatoms. The van der Waals surface area contributed by atoms with Crippen LogP contribution in [0.2, 0.25) is 0 Å². The van der Waals surface area contributed by atoms with Crippen LogP contribution < -0.4 is 15.0 Å². The van der Waals surface area contributed by atoms with Crippen LogP contribution in [0.4, 0.5) is 5.69 Å². The van der Waals surface area contributed by atoms with Crippen LogP contribution in [0, 0.1) is 0 Å². The van der Waals surface area contributed by atoms with Gasteiger partial charge in [-0.05, 0) is 68.0 Å². The van der Waals surface area contributed by atoms with Crippen molar-refractivity contribution < 1.29 is 9.53 Å². The standard InChI is InChI=1S/C23H30N2O2/c1-4-27-23-11-9-22(10-12-23)25-15-13-21(14-16-25)20-7-5-19(6-8-20)17(2)24-18(3)26/h5-12,17,21H,4,13-16H2,1-3H3,(H,24,26)/t17-/m0/s1. The maximum atomic E-state index is 11.2. The minimum absolute atomic E-state index is 0.00763. The number of nitrogens with one attached hydrogen (secondary N) is 1. The maximum Gasteiger partial charge on any atom is 0.217 e. The molecule has 0 bridgehead atoms. The van der Waals surface area contributed by atoms with Crippen LogP contribution in [0.15, 0.2) is 48.5 Å². The summed E-state index contributed by atoms with van der Waals surface area (Å²) in [5.41, 5.74) is 3.83. The van der Waals surface area contributed by atoms with E-state index in [9.17, 15) is 4.79 Å². The van der Waals surface area contributed by atoms with Gasteiger partial charge in [0, 0.05) is 25.7 Å². The summed E-state index contributed by atoms with van der Waals surface area (Å²) < 4.78 is 5.53. The van der Waals surface area contributed by atoms with Crippen LogP contribution in [0.3, 0.4) is 0 Å². The number of nitrogens with zero attached hydrogens (tertiary/aromatic N) is 1. The molecule has 1 atom stereocenters. The van der Waals surface area contributed by atoms with E-state index in [-0.39, 0.29) is 11.9 Å². The fraction of sp³-hybridized carbons (Fsp3) is 0.435. The Balaban J connectivity index is 1.56. The highest BCUT2D eigenvalue weighted by atomic mass is 16.5. The second kappa shape index (κ2) is 8.94. The first-order valence-corrected chi connectivity index (χ1v) is 9.91. The largest absolute Gasteiger partial charge is 0.494 e. The Kier molecular flexibility index (Phi) is 6.38. The fourth-order valence-corrected chi connectivity index (χ4v) is 3.84. The minimum atomic E-state index is 0.00763. The summed E-state index contributed by atoms with van der Waals surface area (Å²) in [4.78, 5) is 13.7. The normalized spacial score (nSPS) is 16.0. The van der Waals surface area contributed by atoms with Crippen molar-refractivity contribution in [3.05, 3.63) is 59.7 Å². The molecule has 3 rings (SSSR count). The molecule has 1 heterocycles. The van der Waals surface area contributed by atoms with Crippen LogP contribution in [-0.2, 0) is 4.79 Å². The molecule has 0 aromatic heterocycles. The molecule has 1 saturated heterocycles. The number of carbonyl (C=O) groups excluding carboxylic acids is 1. The topological polar surface area (TPSA) is 41.6 Å². The predicted molar refractivity (Wildman–Crippen MR) is 110 cm³/mol. The SMILES string of the molecule is CCOc1ccc(N2CCC(c3ccc([C@H](C)NC(C)=O)cc3)CC2)cc1. The lowest BCUT2D eigenvalue weighted by Crippen LogP contribution is -2.32. The van der Waals surface area contributed by atoms with Gasteiger partial charge >= 0.3 is 0 Å². The number of amides is 1. The first-order valence-electron chi connectivity index (χ1n) is 9.91. The molecule has 0 spiro atoms. The number of piperidine rings is 1. The average molecular weight is 367 g/mol. The molecule has 27 heavy (non-hydrogen) atoms. The lowest BCUT2D eigenvalue weighted by molar-refractivity contribution is -0.119. The summed E-state index contributed by atoms with van der Waals surface area (Å²) in [6.07, 6.45) is 2.32. The van der Waals surface area contributed by atoms with Crippen molar-refractivity contribution in [2.75, 3.05) is 24.6 Å². The van der Waals surface area contributed by atoms with E-state index in [1.54, 1.807) is 6.92 Å². The minimum Gasteiger partial charge on any atom is -0.494 e. The van der Waals surface area contributed by atoms with Crippen LogP contribution in [0.5, 0.6) is 5.75 Å². The molecular weight excluding hydrogens is 336 g/mol. The lowest BCUT2D eigenvalue weighted by Gasteiger charge is -2.34. The zero-order valence-corrected chi connectivity index (χ0v) is 16.6. The lowest BCUT2D eigenvalue weighted by atomic mass is 9.88. The molecule has 2 aromatic carbocycles. The summed E-state index contributed by atoms with van der Waals surface area (Å²) in [5, 5.41) is 2.94. The monoisotopic (exact) mass is 366 g/mol. The van der Waals surface area contributed by atoms with Gasteiger partial charge in [-0.3, -0.25) is 4.79 Å². The molecule has 2 aromatic rings. The first kappa shape index (κ1) is 19.3. The van der Waals surface area contributed by atoms with Crippen molar-refractivity contribution >= 4 is 11.6 Å². The number of hydrogen-bond acceptors (Lipinski definition) is 3. The van der Waals surface area contributed by atoms with E-state index in [0.717, 1.165) is 37.2 Å². The second-order valence-corrected chi connectivity index (χ2v) is 7.28. The van der Waals surface area contributed by atoms with Crippen molar-refractivity contribution in [1.29, 1.82) is 0 Å². The molecule has 1 aliphatic heterocycles. The quantitative estimate of drug-likeness (QED) is 0.808. The molecule has 0 unspecified atom stereocenters. The first-order chi connectivity index (χ1) is 13.1. The number of hydrogen-bond donors (Lipinski definition) is 1. The Morgan fingerprint density at radius 3 is 2.30 bits per heavy atom. The fourth-order valence-electron chi connectivity index (χ4n) is 3.84. The molecule has 1 amide bonds. The highest BCUT2D eigenvalue weighted by Gasteiger charge is 2.21. The Morgan fingerprint density at radius 2 is 1.74 bits per heavy atom. The zero-order chi connectivity index (χ0) is 19.2. The van der Waals surface area contributed by atoms with Gasteiger partial charge in [0.15, 0.2) is 0 Å². The maximum absolute atomic E-state index is 11.2. The van der Waals surface area contributed by atoms with Gasteiger partial charge in [-0.1, -0.05) is 24.3 Å². The zero-order valence-electron chi connectivity index (χ0n) is 16.6. The van der Waals surface area contributed by atoms with Crippen LogP contribution >= 0.6 is 0 Å². The van der Waals surface area contributed by atoms with Crippen LogP contribution in [0.25, 0.3) is 0 Å². The Labute approximate surface area is 162 Å². The van der Waals surface area contributed by atoms with E-state index in [4.69, 9.17) is 4.74 Å². The predicted octanol–water partition coefficient (Wildman–Crippen LogP) is 4.67. The summed E-state index contributed by atoms with van der Waals surface area (Å²) in [6, 6.07) is 17.2. The molecule has 1 aliphatic rings.